The Balaban J connectivity index is 1.96. The molecule has 0 fully saturated rings. The Morgan fingerprint density at radius 1 is 1.13 bits per heavy atom. The molecule has 0 bridgehead atoms. The number of carbonyl (C=O) groups is 2. The Hall–Kier alpha value is -3.68. The lowest BCUT2D eigenvalue weighted by Crippen LogP contribution is -2.37. The number of benzene rings is 1. The van der Waals surface area contributed by atoms with Gasteiger partial charge in [0.05, 0.1) is 11.1 Å². The molecular weight excluding hydrogens is 386 g/mol. The van der Waals surface area contributed by atoms with Gasteiger partial charge in [0.1, 0.15) is 29.1 Å². The number of hydrogen-bond donors (Lipinski definition) is 2. The molecule has 1 amide bonds. The molecule has 1 aromatic carbocycles. The third-order valence-electron chi connectivity index (χ3n) is 4.31. The Bertz CT molecular complexity index is 1180. The number of nitrogens with one attached hydrogen (secondary N) is 1. The highest BCUT2D eigenvalue weighted by Gasteiger charge is 2.23. The number of fused-ring (bicyclic) bond motifs is 1. The first-order valence-corrected chi connectivity index (χ1v) is 9.36. The lowest BCUT2D eigenvalue weighted by atomic mass is 10.1. The van der Waals surface area contributed by atoms with Gasteiger partial charge in [-0.1, -0.05) is 30.3 Å². The molecule has 0 unspecified atom stereocenters. The Kier molecular flexibility index (Phi) is 5.60. The van der Waals surface area contributed by atoms with Crippen LogP contribution < -0.4 is 10.9 Å². The third kappa shape index (κ3) is 4.32. The van der Waals surface area contributed by atoms with Gasteiger partial charge in [-0.05, 0) is 32.9 Å². The molecule has 2 aromatic heterocycles. The van der Waals surface area contributed by atoms with Crippen molar-refractivity contribution in [3.05, 3.63) is 58.4 Å². The minimum atomic E-state index is -0.868. The van der Waals surface area contributed by atoms with Crippen LogP contribution in [0.4, 0.5) is 0 Å². The van der Waals surface area contributed by atoms with E-state index in [1.54, 1.807) is 32.9 Å². The van der Waals surface area contributed by atoms with Crippen molar-refractivity contribution in [1.82, 2.24) is 14.9 Å². The molecule has 2 N–H and O–H groups in total. The van der Waals surface area contributed by atoms with E-state index in [1.807, 2.05) is 30.3 Å². The van der Waals surface area contributed by atoms with Crippen molar-refractivity contribution in [2.45, 2.75) is 26.4 Å². The molecule has 0 atom stereocenters. The van der Waals surface area contributed by atoms with E-state index in [0.717, 1.165) is 5.56 Å². The van der Waals surface area contributed by atoms with E-state index in [4.69, 9.17) is 4.74 Å². The summed E-state index contributed by atoms with van der Waals surface area (Å²) in [7, 11) is 1.47. The fraction of sp³-hybridized carbons (Fsp3) is 0.273. The molecular formula is C22H23N3O5. The summed E-state index contributed by atoms with van der Waals surface area (Å²) in [6.45, 7) is 4.68. The number of carbonyl (C=O) groups excluding carboxylic acids is 2. The first-order chi connectivity index (χ1) is 14.1. The van der Waals surface area contributed by atoms with Crippen LogP contribution in [-0.2, 0) is 16.6 Å². The van der Waals surface area contributed by atoms with Gasteiger partial charge in [0.15, 0.2) is 0 Å². The Morgan fingerprint density at radius 3 is 2.43 bits per heavy atom. The van der Waals surface area contributed by atoms with Crippen molar-refractivity contribution < 1.29 is 19.4 Å². The zero-order valence-corrected chi connectivity index (χ0v) is 17.2. The lowest BCUT2D eigenvalue weighted by molar-refractivity contribution is -0.153. The molecule has 30 heavy (non-hydrogen) atoms. The minimum absolute atomic E-state index is 0.238. The minimum Gasteiger partial charge on any atom is -0.506 e. The van der Waals surface area contributed by atoms with Crippen molar-refractivity contribution in [3.63, 3.8) is 0 Å². The third-order valence-corrected chi connectivity index (χ3v) is 4.31. The molecule has 3 rings (SSSR count). The van der Waals surface area contributed by atoms with E-state index in [9.17, 15) is 19.5 Å². The average Bonchev–Trinajstić information content (AvgIpc) is 2.70. The van der Waals surface area contributed by atoms with Crippen molar-refractivity contribution >= 4 is 22.9 Å². The zero-order chi connectivity index (χ0) is 22.1. The maximum Gasteiger partial charge on any atom is 0.325 e. The molecule has 0 aliphatic rings. The summed E-state index contributed by atoms with van der Waals surface area (Å²) < 4.78 is 6.32. The van der Waals surface area contributed by atoms with Gasteiger partial charge in [0, 0.05) is 12.6 Å². The quantitative estimate of drug-likeness (QED) is 0.640. The maximum atomic E-state index is 12.8. The van der Waals surface area contributed by atoms with Crippen molar-refractivity contribution in [1.29, 1.82) is 0 Å². The maximum absolute atomic E-state index is 12.8. The monoisotopic (exact) mass is 409 g/mol. The van der Waals surface area contributed by atoms with Gasteiger partial charge in [0.25, 0.3) is 11.5 Å². The summed E-state index contributed by atoms with van der Waals surface area (Å²) in [5.41, 5.74) is -0.166. The van der Waals surface area contributed by atoms with Gasteiger partial charge in [-0.15, -0.1) is 0 Å². The van der Waals surface area contributed by atoms with Gasteiger partial charge in [0.2, 0.25) is 0 Å². The normalized spacial score (nSPS) is 11.3. The molecule has 8 heteroatoms. The van der Waals surface area contributed by atoms with Crippen molar-refractivity contribution in [2.75, 3.05) is 6.54 Å². The number of hydrogen-bond acceptors (Lipinski definition) is 6. The second kappa shape index (κ2) is 7.98. The largest absolute Gasteiger partial charge is 0.506 e. The van der Waals surface area contributed by atoms with Gasteiger partial charge < -0.3 is 15.2 Å². The van der Waals surface area contributed by atoms with Crippen LogP contribution >= 0.6 is 0 Å². The second-order valence-electron chi connectivity index (χ2n) is 7.79. The predicted molar refractivity (Wildman–Crippen MR) is 112 cm³/mol. The predicted octanol–water partition coefficient (Wildman–Crippen LogP) is 2.38. The molecule has 0 aliphatic heterocycles. The van der Waals surface area contributed by atoms with E-state index >= 15 is 0 Å². The van der Waals surface area contributed by atoms with Crippen LogP contribution in [0.5, 0.6) is 5.75 Å². The van der Waals surface area contributed by atoms with Gasteiger partial charge in [-0.3, -0.25) is 19.0 Å². The number of aryl methyl sites for hydroxylation is 1. The van der Waals surface area contributed by atoms with Crippen LogP contribution in [0.1, 0.15) is 31.1 Å². The molecule has 3 aromatic rings. The highest BCUT2D eigenvalue weighted by atomic mass is 16.6. The first-order valence-electron chi connectivity index (χ1n) is 9.36. The number of nitrogens with zero attached hydrogens (tertiary/aromatic N) is 2. The number of esters is 1. The van der Waals surface area contributed by atoms with Crippen LogP contribution in [0.3, 0.4) is 0 Å². The Labute approximate surface area is 173 Å². The number of amides is 1. The molecule has 0 saturated carbocycles. The summed E-state index contributed by atoms with van der Waals surface area (Å²) in [4.78, 5) is 41.6. The average molecular weight is 409 g/mol. The van der Waals surface area contributed by atoms with Crippen LogP contribution in [0.25, 0.3) is 22.3 Å². The summed E-state index contributed by atoms with van der Waals surface area (Å²) >= 11 is 0. The summed E-state index contributed by atoms with van der Waals surface area (Å²) in [6.07, 6.45) is 0. The van der Waals surface area contributed by atoms with E-state index in [-0.39, 0.29) is 11.0 Å². The zero-order valence-electron chi connectivity index (χ0n) is 17.2. The number of aromatic nitrogens is 2. The van der Waals surface area contributed by atoms with Crippen LogP contribution in [-0.4, -0.2) is 38.7 Å². The summed E-state index contributed by atoms with van der Waals surface area (Å²) in [6, 6.07) is 12.7. The van der Waals surface area contributed by atoms with Crippen molar-refractivity contribution in [2.24, 2.45) is 7.05 Å². The smallest absolute Gasteiger partial charge is 0.325 e. The topological polar surface area (TPSA) is 111 Å². The van der Waals surface area contributed by atoms with E-state index < -0.39 is 40.9 Å². The number of ether oxygens (including phenoxy) is 1. The van der Waals surface area contributed by atoms with Crippen molar-refractivity contribution in [3.8, 4) is 17.0 Å². The molecule has 0 aliphatic carbocycles. The van der Waals surface area contributed by atoms with Crippen LogP contribution in [0, 0.1) is 0 Å². The van der Waals surface area contributed by atoms with Gasteiger partial charge >= 0.3 is 5.97 Å². The van der Waals surface area contributed by atoms with E-state index in [0.29, 0.717) is 5.69 Å². The van der Waals surface area contributed by atoms with Gasteiger partial charge in [-0.2, -0.15) is 0 Å². The fourth-order valence-electron chi connectivity index (χ4n) is 2.98. The summed E-state index contributed by atoms with van der Waals surface area (Å²) in [5.74, 6) is -2.00. The molecule has 0 saturated heterocycles. The highest BCUT2D eigenvalue weighted by Crippen LogP contribution is 2.27. The van der Waals surface area contributed by atoms with Gasteiger partial charge in [-0.25, -0.2) is 4.98 Å². The number of pyridine rings is 2. The van der Waals surface area contributed by atoms with E-state index in [2.05, 4.69) is 10.3 Å². The molecule has 2 heterocycles. The molecule has 156 valence electrons. The SMILES string of the molecule is Cn1c(=O)c(C(=O)NCC(=O)OC(C)(C)C)c(O)c2ccc(-c3ccccc3)nc21. The molecule has 0 spiro atoms. The number of rotatable bonds is 4. The Morgan fingerprint density at radius 2 is 1.80 bits per heavy atom. The highest BCUT2D eigenvalue weighted by molar-refractivity contribution is 6.02. The lowest BCUT2D eigenvalue weighted by Gasteiger charge is -2.19. The van der Waals surface area contributed by atoms with E-state index in [1.165, 1.54) is 11.6 Å². The standard InChI is InChI=1S/C22H23N3O5/c1-22(2,3)30-16(26)12-23-20(28)17-18(27)14-10-11-15(13-8-6-5-7-9-13)24-19(14)25(4)21(17)29/h5-11,27H,12H2,1-4H3,(H,23,28). The molecule has 8 nitrogen and oxygen atoms in total. The second-order valence-corrected chi connectivity index (χ2v) is 7.79. The summed E-state index contributed by atoms with van der Waals surface area (Å²) in [5, 5.41) is 13.2. The van der Waals surface area contributed by atoms with Crippen LogP contribution in [0.2, 0.25) is 0 Å². The fourth-order valence-corrected chi connectivity index (χ4v) is 2.98. The number of aromatic hydroxyl groups is 1. The first kappa shape index (κ1) is 21.0. The molecule has 0 radical (unpaired) electrons. The van der Waals surface area contributed by atoms with Crippen LogP contribution in [0.15, 0.2) is 47.3 Å².